The number of hydrogen-bond acceptors (Lipinski definition) is 2. The quantitative estimate of drug-likeness (QED) is 0.589. The van der Waals surface area contributed by atoms with E-state index in [4.69, 9.17) is 0 Å². The molecular formula is C24H20N2O2. The first-order valence-electron chi connectivity index (χ1n) is 9.55. The second kappa shape index (κ2) is 6.34. The molecule has 0 saturated carbocycles. The lowest BCUT2D eigenvalue weighted by molar-refractivity contribution is 0.0949. The van der Waals surface area contributed by atoms with Crippen molar-refractivity contribution in [3.63, 3.8) is 0 Å². The Morgan fingerprint density at radius 3 is 2.68 bits per heavy atom. The first-order chi connectivity index (χ1) is 13.6. The minimum absolute atomic E-state index is 0.197. The number of hydrogen-bond donors (Lipinski definition) is 1. The molecule has 1 N–H and O–H groups in total. The highest BCUT2D eigenvalue weighted by Gasteiger charge is 2.24. The molecule has 4 heteroatoms. The molecule has 0 unspecified atom stereocenters. The molecule has 28 heavy (non-hydrogen) atoms. The molecule has 3 aromatic carbocycles. The van der Waals surface area contributed by atoms with Gasteiger partial charge >= 0.3 is 0 Å². The van der Waals surface area contributed by atoms with Crippen molar-refractivity contribution in [2.45, 2.75) is 25.9 Å². The Hall–Kier alpha value is -3.40. The Kier molecular flexibility index (Phi) is 3.79. The van der Waals surface area contributed by atoms with Gasteiger partial charge in [-0.05, 0) is 41.3 Å². The molecule has 1 amide bonds. The number of fused-ring (bicyclic) bond motifs is 1. The van der Waals surface area contributed by atoms with E-state index in [-0.39, 0.29) is 22.9 Å². The Morgan fingerprint density at radius 1 is 1.04 bits per heavy atom. The van der Waals surface area contributed by atoms with E-state index in [1.807, 2.05) is 42.5 Å². The van der Waals surface area contributed by atoms with E-state index in [0.717, 1.165) is 28.3 Å². The van der Waals surface area contributed by atoms with Gasteiger partial charge in [0.1, 0.15) is 5.56 Å². The molecule has 1 aliphatic rings. The van der Waals surface area contributed by atoms with E-state index in [1.54, 1.807) is 6.20 Å². The number of para-hydroxylation sites is 1. The highest BCUT2D eigenvalue weighted by atomic mass is 16.2. The van der Waals surface area contributed by atoms with Gasteiger partial charge in [-0.25, -0.2) is 0 Å². The smallest absolute Gasteiger partial charge is 0.257 e. The number of pyridine rings is 1. The number of carbonyl (C=O) groups is 1. The summed E-state index contributed by atoms with van der Waals surface area (Å²) in [6.07, 6.45) is 2.61. The molecule has 138 valence electrons. The fraction of sp³-hybridized carbons (Fsp3) is 0.167. The van der Waals surface area contributed by atoms with Crippen molar-refractivity contribution in [2.75, 3.05) is 0 Å². The summed E-state index contributed by atoms with van der Waals surface area (Å²) in [4.78, 5) is 25.8. The number of benzene rings is 3. The number of rotatable bonds is 3. The SMILES string of the molecule is C[C@@H]1Cc2cccc3c(=O)c(C(=O)NCc4cccc5ccccc45)cn1c23. The maximum atomic E-state index is 13.0. The molecule has 0 aliphatic carbocycles. The number of carbonyl (C=O) groups excluding carboxylic acids is 1. The lowest BCUT2D eigenvalue weighted by atomic mass is 10.0. The van der Waals surface area contributed by atoms with Crippen LogP contribution in [0.4, 0.5) is 0 Å². The monoisotopic (exact) mass is 368 g/mol. The van der Waals surface area contributed by atoms with Crippen LogP contribution >= 0.6 is 0 Å². The van der Waals surface area contributed by atoms with Gasteiger partial charge < -0.3 is 9.88 Å². The molecule has 0 fully saturated rings. The lowest BCUT2D eigenvalue weighted by Gasteiger charge is -2.13. The van der Waals surface area contributed by atoms with E-state index >= 15 is 0 Å². The van der Waals surface area contributed by atoms with Gasteiger partial charge in [-0.2, -0.15) is 0 Å². The summed E-state index contributed by atoms with van der Waals surface area (Å²) >= 11 is 0. The fourth-order valence-electron chi connectivity index (χ4n) is 4.29. The first-order valence-corrected chi connectivity index (χ1v) is 9.55. The average Bonchev–Trinajstić information content (AvgIpc) is 3.04. The maximum Gasteiger partial charge on any atom is 0.257 e. The van der Waals surface area contributed by atoms with Crippen LogP contribution in [-0.2, 0) is 13.0 Å². The zero-order valence-electron chi connectivity index (χ0n) is 15.6. The van der Waals surface area contributed by atoms with Gasteiger partial charge in [-0.15, -0.1) is 0 Å². The first kappa shape index (κ1) is 16.8. The van der Waals surface area contributed by atoms with Crippen molar-refractivity contribution in [2.24, 2.45) is 0 Å². The van der Waals surface area contributed by atoms with Crippen molar-refractivity contribution in [1.82, 2.24) is 9.88 Å². The second-order valence-corrected chi connectivity index (χ2v) is 7.47. The van der Waals surface area contributed by atoms with Gasteiger partial charge in [-0.3, -0.25) is 9.59 Å². The van der Waals surface area contributed by atoms with Crippen LogP contribution in [0.2, 0.25) is 0 Å². The molecule has 1 atom stereocenters. The molecule has 0 radical (unpaired) electrons. The Bertz CT molecular complexity index is 1300. The molecule has 1 aromatic heterocycles. The summed E-state index contributed by atoms with van der Waals surface area (Å²) in [7, 11) is 0. The molecule has 0 saturated heterocycles. The van der Waals surface area contributed by atoms with Crippen molar-refractivity contribution in [3.8, 4) is 0 Å². The van der Waals surface area contributed by atoms with Gasteiger partial charge in [0.2, 0.25) is 5.43 Å². The zero-order chi connectivity index (χ0) is 19.3. The minimum Gasteiger partial charge on any atom is -0.348 e. The molecule has 0 bridgehead atoms. The van der Waals surface area contributed by atoms with Crippen molar-refractivity contribution in [3.05, 3.63) is 93.8 Å². The number of amides is 1. The van der Waals surface area contributed by atoms with Crippen LogP contribution in [0.3, 0.4) is 0 Å². The van der Waals surface area contributed by atoms with Gasteiger partial charge in [0, 0.05) is 24.2 Å². The van der Waals surface area contributed by atoms with Crippen LogP contribution in [0.1, 0.15) is 34.5 Å². The normalized spacial score (nSPS) is 15.2. The van der Waals surface area contributed by atoms with E-state index in [9.17, 15) is 9.59 Å². The van der Waals surface area contributed by atoms with Crippen molar-refractivity contribution in [1.29, 1.82) is 0 Å². The minimum atomic E-state index is -0.326. The van der Waals surface area contributed by atoms with Crippen LogP contribution < -0.4 is 10.7 Å². The number of aromatic nitrogens is 1. The van der Waals surface area contributed by atoms with Gasteiger partial charge in [0.15, 0.2) is 0 Å². The summed E-state index contributed by atoms with van der Waals surface area (Å²) in [5, 5.41) is 5.81. The summed E-state index contributed by atoms with van der Waals surface area (Å²) < 4.78 is 2.07. The summed E-state index contributed by atoms with van der Waals surface area (Å²) in [5.74, 6) is -0.326. The van der Waals surface area contributed by atoms with E-state index < -0.39 is 0 Å². The van der Waals surface area contributed by atoms with Crippen LogP contribution in [0.5, 0.6) is 0 Å². The number of nitrogens with one attached hydrogen (secondary N) is 1. The van der Waals surface area contributed by atoms with Crippen molar-refractivity contribution >= 4 is 27.6 Å². The van der Waals surface area contributed by atoms with Gasteiger partial charge in [-0.1, -0.05) is 54.6 Å². The van der Waals surface area contributed by atoms with Crippen LogP contribution in [0, 0.1) is 0 Å². The molecule has 1 aliphatic heterocycles. The standard InChI is InChI=1S/C24H20N2O2/c1-15-12-17-8-5-11-20-22(17)26(15)14-21(23(20)27)24(28)25-13-18-9-4-7-16-6-2-3-10-19(16)18/h2-11,14-15H,12-13H2,1H3,(H,25,28)/t15-/m1/s1. The number of nitrogens with zero attached hydrogens (tertiary/aromatic N) is 1. The predicted octanol–water partition coefficient (Wildman–Crippen LogP) is 4.20. The Balaban J connectivity index is 1.51. The zero-order valence-corrected chi connectivity index (χ0v) is 15.6. The molecule has 2 heterocycles. The fourth-order valence-corrected chi connectivity index (χ4v) is 4.29. The summed E-state index contributed by atoms with van der Waals surface area (Å²) in [6, 6.07) is 20.1. The highest BCUT2D eigenvalue weighted by Crippen LogP contribution is 2.30. The molecule has 5 rings (SSSR count). The molecule has 4 aromatic rings. The molecule has 4 nitrogen and oxygen atoms in total. The maximum absolute atomic E-state index is 13.0. The van der Waals surface area contributed by atoms with E-state index in [2.05, 4.69) is 35.0 Å². The van der Waals surface area contributed by atoms with Crippen LogP contribution in [0.25, 0.3) is 21.7 Å². The third-order valence-corrected chi connectivity index (χ3v) is 5.69. The second-order valence-electron chi connectivity index (χ2n) is 7.47. The highest BCUT2D eigenvalue weighted by molar-refractivity contribution is 5.98. The Labute approximate surface area is 162 Å². The van der Waals surface area contributed by atoms with E-state index in [1.165, 1.54) is 5.56 Å². The Morgan fingerprint density at radius 2 is 1.79 bits per heavy atom. The van der Waals surface area contributed by atoms with E-state index in [0.29, 0.717) is 11.9 Å². The largest absolute Gasteiger partial charge is 0.348 e. The topological polar surface area (TPSA) is 51.1 Å². The average molecular weight is 368 g/mol. The predicted molar refractivity (Wildman–Crippen MR) is 112 cm³/mol. The van der Waals surface area contributed by atoms with Gasteiger partial charge in [0.25, 0.3) is 5.91 Å². The van der Waals surface area contributed by atoms with Crippen molar-refractivity contribution < 1.29 is 4.79 Å². The van der Waals surface area contributed by atoms with Gasteiger partial charge in [0.05, 0.1) is 5.52 Å². The lowest BCUT2D eigenvalue weighted by Crippen LogP contribution is -2.29. The third-order valence-electron chi connectivity index (χ3n) is 5.69. The summed E-state index contributed by atoms with van der Waals surface area (Å²) in [5.41, 5.74) is 3.18. The summed E-state index contributed by atoms with van der Waals surface area (Å²) in [6.45, 7) is 2.50. The molecular weight excluding hydrogens is 348 g/mol. The third kappa shape index (κ3) is 2.53. The van der Waals surface area contributed by atoms with Crippen LogP contribution in [-0.4, -0.2) is 10.5 Å². The molecule has 0 spiro atoms. The van der Waals surface area contributed by atoms with Crippen LogP contribution in [0.15, 0.2) is 71.7 Å².